The average Bonchev–Trinajstić information content (AvgIpc) is 3.12. The minimum absolute atomic E-state index is 0.240. The van der Waals surface area contributed by atoms with E-state index in [2.05, 4.69) is 30.8 Å². The van der Waals surface area contributed by atoms with E-state index in [0.717, 1.165) is 31.1 Å². The minimum Gasteiger partial charge on any atom is -0.354 e. The highest BCUT2D eigenvalue weighted by Gasteiger charge is 2.32. The zero-order valence-corrected chi connectivity index (χ0v) is 12.1. The second-order valence-corrected chi connectivity index (χ2v) is 5.40. The molecule has 2 rings (SSSR count). The van der Waals surface area contributed by atoms with Crippen LogP contribution in [-0.2, 0) is 13.5 Å². The second-order valence-electron chi connectivity index (χ2n) is 5.40. The smallest absolute Gasteiger partial charge is 0.130 e. The largest absolute Gasteiger partial charge is 0.354 e. The predicted octanol–water partition coefficient (Wildman–Crippen LogP) is 2.00. The van der Waals surface area contributed by atoms with Gasteiger partial charge in [0.25, 0.3) is 0 Å². The standard InChI is InChI=1S/C14H26N4/c1-5-11(15)9-13-10(3)16-17(4)14(13)18(6-2)12-7-8-12/h11-12H,5-9,15H2,1-4H3. The van der Waals surface area contributed by atoms with Crippen molar-refractivity contribution in [1.29, 1.82) is 0 Å². The summed E-state index contributed by atoms with van der Waals surface area (Å²) in [7, 11) is 2.05. The fraction of sp³-hybridized carbons (Fsp3) is 0.786. The van der Waals surface area contributed by atoms with Crippen LogP contribution >= 0.6 is 0 Å². The van der Waals surface area contributed by atoms with Gasteiger partial charge in [0.1, 0.15) is 5.82 Å². The van der Waals surface area contributed by atoms with Crippen molar-refractivity contribution in [2.75, 3.05) is 11.4 Å². The quantitative estimate of drug-likeness (QED) is 0.840. The molecule has 2 N–H and O–H groups in total. The first-order chi connectivity index (χ1) is 8.58. The van der Waals surface area contributed by atoms with Crippen LogP contribution in [0.25, 0.3) is 0 Å². The summed E-state index contributed by atoms with van der Waals surface area (Å²) in [4.78, 5) is 2.50. The lowest BCUT2D eigenvalue weighted by Gasteiger charge is -2.25. The Kier molecular flexibility index (Phi) is 3.95. The predicted molar refractivity (Wildman–Crippen MR) is 76.0 cm³/mol. The molecule has 4 nitrogen and oxygen atoms in total. The van der Waals surface area contributed by atoms with E-state index in [-0.39, 0.29) is 6.04 Å². The molecule has 1 saturated carbocycles. The summed E-state index contributed by atoms with van der Waals surface area (Å²) in [6.07, 6.45) is 4.59. The molecule has 4 heteroatoms. The molecule has 1 aliphatic rings. The molecule has 1 heterocycles. The van der Waals surface area contributed by atoms with Gasteiger partial charge in [0.15, 0.2) is 0 Å². The van der Waals surface area contributed by atoms with Crippen LogP contribution in [-0.4, -0.2) is 28.4 Å². The lowest BCUT2D eigenvalue weighted by Crippen LogP contribution is -2.30. The Morgan fingerprint density at radius 2 is 2.11 bits per heavy atom. The van der Waals surface area contributed by atoms with E-state index in [4.69, 9.17) is 5.73 Å². The Hall–Kier alpha value is -1.03. The van der Waals surface area contributed by atoms with Crippen molar-refractivity contribution in [2.24, 2.45) is 12.8 Å². The first-order valence-corrected chi connectivity index (χ1v) is 7.13. The Morgan fingerprint density at radius 1 is 1.44 bits per heavy atom. The van der Waals surface area contributed by atoms with Gasteiger partial charge < -0.3 is 10.6 Å². The molecule has 1 unspecified atom stereocenters. The van der Waals surface area contributed by atoms with Crippen molar-refractivity contribution in [3.8, 4) is 0 Å². The maximum absolute atomic E-state index is 6.13. The summed E-state index contributed by atoms with van der Waals surface area (Å²) in [6.45, 7) is 7.53. The number of rotatable bonds is 6. The van der Waals surface area contributed by atoms with E-state index in [0.29, 0.717) is 0 Å². The van der Waals surface area contributed by atoms with Gasteiger partial charge in [0.2, 0.25) is 0 Å². The molecule has 102 valence electrons. The normalized spacial score (nSPS) is 16.9. The molecule has 0 bridgehead atoms. The van der Waals surface area contributed by atoms with E-state index < -0.39 is 0 Å². The molecular formula is C14H26N4. The highest BCUT2D eigenvalue weighted by molar-refractivity contribution is 5.52. The van der Waals surface area contributed by atoms with Crippen LogP contribution in [0.2, 0.25) is 0 Å². The Morgan fingerprint density at radius 3 is 2.61 bits per heavy atom. The fourth-order valence-electron chi connectivity index (χ4n) is 2.66. The highest BCUT2D eigenvalue weighted by atomic mass is 15.4. The zero-order valence-electron chi connectivity index (χ0n) is 12.1. The van der Waals surface area contributed by atoms with Crippen molar-refractivity contribution in [3.63, 3.8) is 0 Å². The number of nitrogens with two attached hydrogens (primary N) is 1. The third-order valence-corrected chi connectivity index (χ3v) is 3.90. The molecule has 0 saturated heterocycles. The number of hydrogen-bond donors (Lipinski definition) is 1. The molecule has 1 aliphatic carbocycles. The summed E-state index contributed by atoms with van der Waals surface area (Å²) in [5, 5.41) is 4.60. The first kappa shape index (κ1) is 13.4. The molecule has 0 radical (unpaired) electrons. The van der Waals surface area contributed by atoms with Gasteiger partial charge >= 0.3 is 0 Å². The third kappa shape index (κ3) is 2.53. The van der Waals surface area contributed by atoms with Gasteiger partial charge in [0, 0.05) is 31.2 Å². The summed E-state index contributed by atoms with van der Waals surface area (Å²) < 4.78 is 2.04. The van der Waals surface area contributed by atoms with Gasteiger partial charge in [-0.1, -0.05) is 6.92 Å². The summed E-state index contributed by atoms with van der Waals surface area (Å²) in [5.74, 6) is 1.29. The Balaban J connectivity index is 2.31. The summed E-state index contributed by atoms with van der Waals surface area (Å²) in [6, 6.07) is 0.964. The van der Waals surface area contributed by atoms with Crippen molar-refractivity contribution < 1.29 is 0 Å². The van der Waals surface area contributed by atoms with Crippen molar-refractivity contribution in [1.82, 2.24) is 9.78 Å². The van der Waals surface area contributed by atoms with Gasteiger partial charge in [-0.25, -0.2) is 0 Å². The molecule has 1 fully saturated rings. The molecule has 0 aliphatic heterocycles. The van der Waals surface area contributed by atoms with Gasteiger partial charge in [0.05, 0.1) is 5.69 Å². The van der Waals surface area contributed by atoms with Crippen LogP contribution in [0.15, 0.2) is 0 Å². The van der Waals surface area contributed by atoms with E-state index in [1.807, 2.05) is 11.7 Å². The molecule has 0 aromatic carbocycles. The van der Waals surface area contributed by atoms with Crippen LogP contribution < -0.4 is 10.6 Å². The molecule has 0 amide bonds. The lowest BCUT2D eigenvalue weighted by atomic mass is 10.0. The van der Waals surface area contributed by atoms with Gasteiger partial charge in [-0.05, 0) is 39.5 Å². The summed E-state index contributed by atoms with van der Waals surface area (Å²) >= 11 is 0. The topological polar surface area (TPSA) is 47.1 Å². The number of hydrogen-bond acceptors (Lipinski definition) is 3. The monoisotopic (exact) mass is 250 g/mol. The van der Waals surface area contributed by atoms with Crippen LogP contribution in [0.5, 0.6) is 0 Å². The number of aryl methyl sites for hydroxylation is 2. The number of anilines is 1. The average molecular weight is 250 g/mol. The van der Waals surface area contributed by atoms with E-state index in [9.17, 15) is 0 Å². The van der Waals surface area contributed by atoms with E-state index in [1.165, 1.54) is 24.2 Å². The number of aromatic nitrogens is 2. The van der Waals surface area contributed by atoms with Crippen LogP contribution in [0.1, 0.15) is 44.4 Å². The van der Waals surface area contributed by atoms with E-state index >= 15 is 0 Å². The molecule has 1 atom stereocenters. The SMILES string of the molecule is CCC(N)Cc1c(C)nn(C)c1N(CC)C1CC1. The van der Waals surface area contributed by atoms with Crippen molar-refractivity contribution in [2.45, 2.75) is 58.5 Å². The molecule has 1 aromatic rings. The molecule has 0 spiro atoms. The van der Waals surface area contributed by atoms with Crippen molar-refractivity contribution >= 4 is 5.82 Å². The maximum atomic E-state index is 6.13. The van der Waals surface area contributed by atoms with Gasteiger partial charge in [-0.3, -0.25) is 4.68 Å². The number of nitrogens with zero attached hydrogens (tertiary/aromatic N) is 3. The second kappa shape index (κ2) is 5.31. The Bertz CT molecular complexity index is 406. The third-order valence-electron chi connectivity index (χ3n) is 3.90. The fourth-order valence-corrected chi connectivity index (χ4v) is 2.66. The van der Waals surface area contributed by atoms with Gasteiger partial charge in [-0.2, -0.15) is 5.10 Å². The van der Waals surface area contributed by atoms with Crippen molar-refractivity contribution in [3.05, 3.63) is 11.3 Å². The van der Waals surface area contributed by atoms with Crippen LogP contribution in [0, 0.1) is 6.92 Å². The summed E-state index contributed by atoms with van der Waals surface area (Å²) in [5.41, 5.74) is 8.61. The molecule has 18 heavy (non-hydrogen) atoms. The lowest BCUT2D eigenvalue weighted by molar-refractivity contribution is 0.640. The zero-order chi connectivity index (χ0) is 13.3. The van der Waals surface area contributed by atoms with Gasteiger partial charge in [-0.15, -0.1) is 0 Å². The first-order valence-electron chi connectivity index (χ1n) is 7.13. The Labute approximate surface area is 110 Å². The molecule has 1 aromatic heterocycles. The van der Waals surface area contributed by atoms with Crippen LogP contribution in [0.4, 0.5) is 5.82 Å². The maximum Gasteiger partial charge on any atom is 0.130 e. The van der Waals surface area contributed by atoms with Crippen LogP contribution in [0.3, 0.4) is 0 Å². The van der Waals surface area contributed by atoms with E-state index in [1.54, 1.807) is 0 Å². The highest BCUT2D eigenvalue weighted by Crippen LogP contribution is 2.34. The minimum atomic E-state index is 0.240. The molecular weight excluding hydrogens is 224 g/mol.